The van der Waals surface area contributed by atoms with Gasteiger partial charge in [0.2, 0.25) is 0 Å². The zero-order valence-electron chi connectivity index (χ0n) is 9.46. The molecule has 0 radical (unpaired) electrons. The molecule has 0 amide bonds. The number of ether oxygens (including phenoxy) is 1. The minimum absolute atomic E-state index is 0.468. The molecule has 1 heterocycles. The van der Waals surface area contributed by atoms with Crippen LogP contribution in [-0.2, 0) is 11.3 Å². The maximum atomic E-state index is 10.1. The number of aromatic nitrogens is 1. The van der Waals surface area contributed by atoms with Gasteiger partial charge in [-0.25, -0.2) is 4.98 Å². The summed E-state index contributed by atoms with van der Waals surface area (Å²) in [5, 5.41) is 10.6. The Bertz CT molecular complexity index is 482. The molecule has 0 aliphatic carbocycles. The Hall–Kier alpha value is -1.43. The molecule has 2 rings (SSSR count). The maximum absolute atomic E-state index is 10.1. The van der Waals surface area contributed by atoms with E-state index in [0.717, 1.165) is 16.0 Å². The fraction of sp³-hybridized carbons (Fsp3) is 0.250. The second kappa shape index (κ2) is 5.27. The summed E-state index contributed by atoms with van der Waals surface area (Å²) in [5.41, 5.74) is 7.44. The lowest BCUT2D eigenvalue weighted by Crippen LogP contribution is -1.97. The Morgan fingerprint density at radius 1 is 1.41 bits per heavy atom. The molecule has 4 nitrogen and oxygen atoms in total. The predicted molar refractivity (Wildman–Crippen MR) is 67.7 cm³/mol. The first kappa shape index (κ1) is 12.0. The van der Waals surface area contributed by atoms with Gasteiger partial charge < -0.3 is 15.6 Å². The molecule has 0 aliphatic rings. The Morgan fingerprint density at radius 2 is 2.12 bits per heavy atom. The number of nitrogens with zero attached hydrogens (tertiary/aromatic N) is 1. The fourth-order valence-electron chi connectivity index (χ4n) is 1.55. The largest absolute Gasteiger partial charge is 0.383 e. The second-order valence-electron chi connectivity index (χ2n) is 3.68. The average Bonchev–Trinajstić information content (AvgIpc) is 2.76. The summed E-state index contributed by atoms with van der Waals surface area (Å²) < 4.78 is 5.03. The van der Waals surface area contributed by atoms with Crippen molar-refractivity contribution in [3.8, 4) is 0 Å². The van der Waals surface area contributed by atoms with Gasteiger partial charge in [0.15, 0.2) is 5.13 Å². The van der Waals surface area contributed by atoms with E-state index in [2.05, 4.69) is 4.98 Å². The number of nitrogen functional groups attached to an aromatic ring is 1. The van der Waals surface area contributed by atoms with Crippen molar-refractivity contribution < 1.29 is 9.84 Å². The lowest BCUT2D eigenvalue weighted by molar-refractivity contribution is 0.184. The van der Waals surface area contributed by atoms with Crippen molar-refractivity contribution >= 4 is 16.5 Å². The van der Waals surface area contributed by atoms with Gasteiger partial charge in [-0.15, -0.1) is 0 Å². The monoisotopic (exact) mass is 250 g/mol. The van der Waals surface area contributed by atoms with Gasteiger partial charge in [-0.2, -0.15) is 0 Å². The molecule has 17 heavy (non-hydrogen) atoms. The molecule has 0 saturated heterocycles. The van der Waals surface area contributed by atoms with Crippen LogP contribution in [0.1, 0.15) is 22.1 Å². The molecular formula is C12H14N2O2S. The second-order valence-corrected chi connectivity index (χ2v) is 4.77. The third-order valence-electron chi connectivity index (χ3n) is 2.42. The molecule has 1 aromatic heterocycles. The third-order valence-corrected chi connectivity index (χ3v) is 3.30. The van der Waals surface area contributed by atoms with Gasteiger partial charge in [-0.1, -0.05) is 35.6 Å². The van der Waals surface area contributed by atoms with Crippen molar-refractivity contribution in [2.24, 2.45) is 0 Å². The normalized spacial score (nSPS) is 12.6. The number of anilines is 1. The van der Waals surface area contributed by atoms with Gasteiger partial charge in [0.25, 0.3) is 0 Å². The van der Waals surface area contributed by atoms with E-state index in [1.54, 1.807) is 13.3 Å². The first-order valence-electron chi connectivity index (χ1n) is 5.17. The molecule has 2 aromatic rings. The Morgan fingerprint density at radius 3 is 2.65 bits per heavy atom. The summed E-state index contributed by atoms with van der Waals surface area (Å²) >= 11 is 1.30. The molecular weight excluding hydrogens is 236 g/mol. The maximum Gasteiger partial charge on any atom is 0.180 e. The summed E-state index contributed by atoms with van der Waals surface area (Å²) in [6, 6.07) is 7.64. The molecule has 5 heteroatoms. The highest BCUT2D eigenvalue weighted by atomic mass is 32.1. The molecule has 90 valence electrons. The Kier molecular flexibility index (Phi) is 3.73. The molecule has 3 N–H and O–H groups in total. The molecule has 0 aliphatic heterocycles. The smallest absolute Gasteiger partial charge is 0.180 e. The fourth-order valence-corrected chi connectivity index (χ4v) is 2.25. The zero-order chi connectivity index (χ0) is 12.3. The number of hydrogen-bond acceptors (Lipinski definition) is 5. The van der Waals surface area contributed by atoms with Crippen LogP contribution in [0.15, 0.2) is 30.5 Å². The molecule has 0 saturated carbocycles. The van der Waals surface area contributed by atoms with Crippen LogP contribution in [0.2, 0.25) is 0 Å². The van der Waals surface area contributed by atoms with E-state index in [1.807, 2.05) is 24.3 Å². The van der Waals surface area contributed by atoms with Crippen LogP contribution in [0.3, 0.4) is 0 Å². The molecule has 0 bridgehead atoms. The minimum atomic E-state index is -0.665. The van der Waals surface area contributed by atoms with E-state index in [0.29, 0.717) is 11.7 Å². The van der Waals surface area contributed by atoms with Crippen LogP contribution >= 0.6 is 11.3 Å². The van der Waals surface area contributed by atoms with E-state index in [-0.39, 0.29) is 0 Å². The van der Waals surface area contributed by atoms with Gasteiger partial charge >= 0.3 is 0 Å². The standard InChI is InChI=1S/C12H14N2O2S/c1-16-7-8-2-4-9(5-3-8)11(15)10-6-14-12(13)17-10/h2-6,11,15H,7H2,1H3,(H2,13,14). The highest BCUT2D eigenvalue weighted by Gasteiger charge is 2.13. The third kappa shape index (κ3) is 2.82. The van der Waals surface area contributed by atoms with E-state index in [9.17, 15) is 5.11 Å². The van der Waals surface area contributed by atoms with Gasteiger partial charge in [0, 0.05) is 13.3 Å². The topological polar surface area (TPSA) is 68.4 Å². The van der Waals surface area contributed by atoms with Crippen molar-refractivity contribution in [2.75, 3.05) is 12.8 Å². The van der Waals surface area contributed by atoms with Crippen LogP contribution in [0, 0.1) is 0 Å². The van der Waals surface area contributed by atoms with Crippen LogP contribution in [0.25, 0.3) is 0 Å². The van der Waals surface area contributed by atoms with Gasteiger partial charge in [0.1, 0.15) is 6.10 Å². The Balaban J connectivity index is 2.16. The lowest BCUT2D eigenvalue weighted by Gasteiger charge is -2.09. The predicted octanol–water partition coefficient (Wildman–Crippen LogP) is 1.95. The molecule has 0 fully saturated rings. The first-order chi connectivity index (χ1) is 8.20. The van der Waals surface area contributed by atoms with Crippen LogP contribution in [-0.4, -0.2) is 17.2 Å². The molecule has 1 aromatic carbocycles. The molecule has 0 spiro atoms. The van der Waals surface area contributed by atoms with Crippen molar-refractivity contribution in [1.82, 2.24) is 4.98 Å². The Labute approximate surface area is 104 Å². The summed E-state index contributed by atoms with van der Waals surface area (Å²) in [4.78, 5) is 4.68. The number of hydrogen-bond donors (Lipinski definition) is 2. The summed E-state index contributed by atoms with van der Waals surface area (Å²) in [5.74, 6) is 0. The van der Waals surface area contributed by atoms with Crippen molar-refractivity contribution in [2.45, 2.75) is 12.7 Å². The SMILES string of the molecule is COCc1ccc(C(O)c2cnc(N)s2)cc1. The zero-order valence-corrected chi connectivity index (χ0v) is 10.3. The number of thiazole rings is 1. The number of nitrogens with two attached hydrogens (primary N) is 1. The van der Waals surface area contributed by atoms with Gasteiger partial charge in [-0.3, -0.25) is 0 Å². The van der Waals surface area contributed by atoms with Gasteiger partial charge in [-0.05, 0) is 11.1 Å². The van der Waals surface area contributed by atoms with E-state index < -0.39 is 6.10 Å². The minimum Gasteiger partial charge on any atom is -0.383 e. The summed E-state index contributed by atoms with van der Waals surface area (Å²) in [6.45, 7) is 0.573. The van der Waals surface area contributed by atoms with E-state index >= 15 is 0 Å². The number of benzene rings is 1. The van der Waals surface area contributed by atoms with E-state index in [4.69, 9.17) is 10.5 Å². The summed E-state index contributed by atoms with van der Waals surface area (Å²) in [6.07, 6.45) is 0.940. The number of aliphatic hydroxyl groups is 1. The highest BCUT2D eigenvalue weighted by molar-refractivity contribution is 7.15. The lowest BCUT2D eigenvalue weighted by atomic mass is 10.1. The van der Waals surface area contributed by atoms with Crippen molar-refractivity contribution in [1.29, 1.82) is 0 Å². The molecule has 1 unspecified atom stereocenters. The van der Waals surface area contributed by atoms with Crippen LogP contribution in [0.5, 0.6) is 0 Å². The highest BCUT2D eigenvalue weighted by Crippen LogP contribution is 2.27. The van der Waals surface area contributed by atoms with Gasteiger partial charge in [0.05, 0.1) is 11.5 Å². The number of methoxy groups -OCH3 is 1. The number of aliphatic hydroxyl groups excluding tert-OH is 1. The van der Waals surface area contributed by atoms with Crippen molar-refractivity contribution in [3.63, 3.8) is 0 Å². The number of rotatable bonds is 4. The van der Waals surface area contributed by atoms with Crippen LogP contribution in [0.4, 0.5) is 5.13 Å². The quantitative estimate of drug-likeness (QED) is 0.870. The van der Waals surface area contributed by atoms with E-state index in [1.165, 1.54) is 11.3 Å². The van der Waals surface area contributed by atoms with Crippen LogP contribution < -0.4 is 5.73 Å². The first-order valence-corrected chi connectivity index (χ1v) is 5.99. The molecule has 1 atom stereocenters. The average molecular weight is 250 g/mol. The van der Waals surface area contributed by atoms with Crippen molar-refractivity contribution in [3.05, 3.63) is 46.5 Å². The summed E-state index contributed by atoms with van der Waals surface area (Å²) in [7, 11) is 1.66.